The second-order valence-electron chi connectivity index (χ2n) is 6.09. The highest BCUT2D eigenvalue weighted by Gasteiger charge is 2.10. The summed E-state index contributed by atoms with van der Waals surface area (Å²) >= 11 is 1.84. The maximum absolute atomic E-state index is 5.30. The van der Waals surface area contributed by atoms with Crippen molar-refractivity contribution in [2.75, 3.05) is 13.6 Å². The third-order valence-electron chi connectivity index (χ3n) is 3.84. The number of hydrogen-bond donors (Lipinski definition) is 3. The van der Waals surface area contributed by atoms with Crippen LogP contribution >= 0.6 is 35.3 Å². The molecule has 7 nitrogen and oxygen atoms in total. The molecule has 0 spiro atoms. The van der Waals surface area contributed by atoms with Crippen molar-refractivity contribution in [1.82, 2.24) is 25.8 Å². The van der Waals surface area contributed by atoms with E-state index in [9.17, 15) is 0 Å². The Hall–Kier alpha value is -1.88. The third kappa shape index (κ3) is 6.35. The molecule has 0 amide bonds. The van der Waals surface area contributed by atoms with Crippen LogP contribution in [0.5, 0.6) is 0 Å². The Morgan fingerprint density at radius 1 is 1.37 bits per heavy atom. The summed E-state index contributed by atoms with van der Waals surface area (Å²) in [5.74, 6) is 2.83. The smallest absolute Gasteiger partial charge is 0.216 e. The summed E-state index contributed by atoms with van der Waals surface area (Å²) in [6.07, 6.45) is 3.31. The first-order chi connectivity index (χ1) is 12.6. The van der Waals surface area contributed by atoms with Crippen LogP contribution in [-0.2, 0) is 12.8 Å². The van der Waals surface area contributed by atoms with E-state index < -0.39 is 0 Å². The van der Waals surface area contributed by atoms with Crippen LogP contribution in [0, 0.1) is 6.92 Å². The van der Waals surface area contributed by atoms with Crippen molar-refractivity contribution in [3.05, 3.63) is 46.1 Å². The van der Waals surface area contributed by atoms with Crippen molar-refractivity contribution < 1.29 is 4.42 Å². The van der Waals surface area contributed by atoms with Gasteiger partial charge in [0.25, 0.3) is 0 Å². The van der Waals surface area contributed by atoms with Gasteiger partial charge < -0.3 is 15.1 Å². The van der Waals surface area contributed by atoms with Crippen LogP contribution in [-0.4, -0.2) is 40.8 Å². The fraction of sp³-hybridized carbons (Fsp3) is 0.389. The second kappa shape index (κ2) is 10.5. The maximum Gasteiger partial charge on any atom is 0.216 e. The molecule has 0 saturated heterocycles. The van der Waals surface area contributed by atoms with E-state index in [-0.39, 0.29) is 24.0 Å². The quantitative estimate of drug-likeness (QED) is 0.263. The summed E-state index contributed by atoms with van der Waals surface area (Å²) in [5.41, 5.74) is 0. The lowest BCUT2D eigenvalue weighted by atomic mass is 10.2. The molecule has 9 heteroatoms. The Morgan fingerprint density at radius 2 is 2.22 bits per heavy atom. The number of nitrogens with one attached hydrogen (secondary N) is 3. The van der Waals surface area contributed by atoms with Gasteiger partial charge in [0, 0.05) is 42.2 Å². The van der Waals surface area contributed by atoms with E-state index in [1.165, 1.54) is 9.75 Å². The number of aliphatic imine (C=N–C) groups is 1. The predicted octanol–water partition coefficient (Wildman–Crippen LogP) is 3.39. The average Bonchev–Trinajstić information content (AvgIpc) is 3.35. The summed E-state index contributed by atoms with van der Waals surface area (Å²) in [6.45, 7) is 5.00. The van der Waals surface area contributed by atoms with Crippen molar-refractivity contribution in [1.29, 1.82) is 0 Å². The molecule has 3 N–H and O–H groups in total. The molecule has 3 heterocycles. The Balaban J connectivity index is 0.00000261. The van der Waals surface area contributed by atoms with Crippen LogP contribution < -0.4 is 10.6 Å². The normalized spacial score (nSPS) is 12.5. The lowest BCUT2D eigenvalue weighted by molar-refractivity contribution is 0.577. The number of hydrogen-bond acceptors (Lipinski definition) is 5. The first kappa shape index (κ1) is 21.4. The minimum atomic E-state index is 0. The van der Waals surface area contributed by atoms with Crippen LogP contribution in [0.1, 0.15) is 22.5 Å². The van der Waals surface area contributed by atoms with E-state index >= 15 is 0 Å². The number of aromatic nitrogens is 3. The number of H-pyrrole nitrogens is 1. The van der Waals surface area contributed by atoms with E-state index in [1.807, 2.05) is 23.5 Å². The lowest BCUT2D eigenvalue weighted by Crippen LogP contribution is -2.43. The molecule has 0 aromatic carbocycles. The molecule has 0 radical (unpaired) electrons. The molecule has 3 aromatic heterocycles. The van der Waals surface area contributed by atoms with Gasteiger partial charge in [0.15, 0.2) is 11.7 Å². The van der Waals surface area contributed by atoms with E-state index in [1.54, 1.807) is 13.3 Å². The Bertz CT molecular complexity index is 842. The largest absolute Gasteiger partial charge is 0.461 e. The molecule has 27 heavy (non-hydrogen) atoms. The number of nitrogens with zero attached hydrogens (tertiary/aromatic N) is 3. The Labute approximate surface area is 180 Å². The first-order valence-corrected chi connectivity index (χ1v) is 9.43. The van der Waals surface area contributed by atoms with Gasteiger partial charge in [-0.3, -0.25) is 10.1 Å². The molecule has 0 saturated carbocycles. The van der Waals surface area contributed by atoms with Gasteiger partial charge in [-0.25, -0.2) is 4.98 Å². The number of halogens is 1. The van der Waals surface area contributed by atoms with Gasteiger partial charge in [-0.15, -0.1) is 35.3 Å². The standard InChI is InChI=1S/C18H24N6OS.HI/c1-12(11-14-7-6-13(2)26-14)21-18(19-3)20-9-8-16-22-17(24-23-16)15-5-4-10-25-15;/h4-7,10,12H,8-9,11H2,1-3H3,(H2,19,20,21)(H,22,23,24);1H. The van der Waals surface area contributed by atoms with Gasteiger partial charge in [-0.05, 0) is 38.1 Å². The molecule has 3 rings (SSSR count). The highest BCUT2D eigenvalue weighted by Crippen LogP contribution is 2.16. The molecule has 0 fully saturated rings. The topological polar surface area (TPSA) is 91.1 Å². The Kier molecular flexibility index (Phi) is 8.29. The SMILES string of the molecule is CN=C(NCCc1nc(-c2ccco2)n[nH]1)NC(C)Cc1ccc(C)s1.I. The number of aryl methyl sites for hydroxylation is 1. The summed E-state index contributed by atoms with van der Waals surface area (Å²) in [4.78, 5) is 11.4. The zero-order valence-corrected chi connectivity index (χ0v) is 18.8. The molecule has 0 bridgehead atoms. The average molecular weight is 500 g/mol. The molecule has 0 aliphatic rings. The van der Waals surface area contributed by atoms with Gasteiger partial charge in [-0.2, -0.15) is 5.10 Å². The predicted molar refractivity (Wildman–Crippen MR) is 120 cm³/mol. The highest BCUT2D eigenvalue weighted by molar-refractivity contribution is 14.0. The van der Waals surface area contributed by atoms with Crippen LogP contribution in [0.3, 0.4) is 0 Å². The first-order valence-electron chi connectivity index (χ1n) is 8.61. The maximum atomic E-state index is 5.30. The van der Waals surface area contributed by atoms with Crippen molar-refractivity contribution in [2.24, 2.45) is 4.99 Å². The van der Waals surface area contributed by atoms with E-state index in [2.05, 4.69) is 56.8 Å². The number of furan rings is 1. The van der Waals surface area contributed by atoms with Gasteiger partial charge in [0.2, 0.25) is 5.82 Å². The second-order valence-corrected chi connectivity index (χ2v) is 7.47. The number of guanidine groups is 1. The summed E-state index contributed by atoms with van der Waals surface area (Å²) in [5, 5.41) is 13.9. The fourth-order valence-corrected chi connectivity index (χ4v) is 3.62. The van der Waals surface area contributed by atoms with Gasteiger partial charge in [0.1, 0.15) is 5.82 Å². The lowest BCUT2D eigenvalue weighted by Gasteiger charge is -2.17. The highest BCUT2D eigenvalue weighted by atomic mass is 127. The molecule has 0 aliphatic heterocycles. The Morgan fingerprint density at radius 3 is 2.89 bits per heavy atom. The number of rotatable bonds is 7. The van der Waals surface area contributed by atoms with Crippen LogP contribution in [0.4, 0.5) is 0 Å². The minimum Gasteiger partial charge on any atom is -0.461 e. The van der Waals surface area contributed by atoms with Gasteiger partial charge in [-0.1, -0.05) is 0 Å². The fourth-order valence-electron chi connectivity index (χ4n) is 2.60. The summed E-state index contributed by atoms with van der Waals surface area (Å²) < 4.78 is 5.30. The number of thiophene rings is 1. The van der Waals surface area contributed by atoms with E-state index in [4.69, 9.17) is 4.42 Å². The van der Waals surface area contributed by atoms with E-state index in [0.717, 1.165) is 18.2 Å². The molecule has 1 atom stereocenters. The molecule has 146 valence electrons. The molecule has 0 aliphatic carbocycles. The van der Waals surface area contributed by atoms with Crippen molar-refractivity contribution >= 4 is 41.3 Å². The van der Waals surface area contributed by atoms with Crippen LogP contribution in [0.15, 0.2) is 39.9 Å². The summed E-state index contributed by atoms with van der Waals surface area (Å²) in [6, 6.07) is 8.31. The monoisotopic (exact) mass is 500 g/mol. The van der Waals surface area contributed by atoms with E-state index in [0.29, 0.717) is 30.6 Å². The van der Waals surface area contributed by atoms with Crippen molar-refractivity contribution in [3.8, 4) is 11.6 Å². The third-order valence-corrected chi connectivity index (χ3v) is 4.86. The van der Waals surface area contributed by atoms with Crippen LogP contribution in [0.2, 0.25) is 0 Å². The minimum absolute atomic E-state index is 0. The molecule has 3 aromatic rings. The zero-order valence-electron chi connectivity index (χ0n) is 15.7. The van der Waals surface area contributed by atoms with Gasteiger partial charge in [0.05, 0.1) is 6.26 Å². The molecular formula is C18H25IN6OS. The molecule has 1 unspecified atom stereocenters. The zero-order chi connectivity index (χ0) is 18.4. The van der Waals surface area contributed by atoms with Crippen molar-refractivity contribution in [3.63, 3.8) is 0 Å². The van der Waals surface area contributed by atoms with Crippen molar-refractivity contribution in [2.45, 2.75) is 32.7 Å². The van der Waals surface area contributed by atoms with Gasteiger partial charge >= 0.3 is 0 Å². The number of aromatic amines is 1. The molecular weight excluding hydrogens is 475 g/mol. The summed E-state index contributed by atoms with van der Waals surface area (Å²) in [7, 11) is 1.78. The van der Waals surface area contributed by atoms with Crippen LogP contribution in [0.25, 0.3) is 11.6 Å².